The highest BCUT2D eigenvalue weighted by Gasteiger charge is 2.23. The van der Waals surface area contributed by atoms with Gasteiger partial charge in [0.2, 0.25) is 5.91 Å². The predicted octanol–water partition coefficient (Wildman–Crippen LogP) is 1.64. The highest BCUT2D eigenvalue weighted by Crippen LogP contribution is 2.16. The summed E-state index contributed by atoms with van der Waals surface area (Å²) >= 11 is 0. The van der Waals surface area contributed by atoms with Crippen LogP contribution < -0.4 is 5.32 Å². The molecule has 2 atom stereocenters. The molecule has 1 aromatic rings. The van der Waals surface area contributed by atoms with Crippen molar-refractivity contribution in [3.63, 3.8) is 0 Å². The summed E-state index contributed by atoms with van der Waals surface area (Å²) < 4.78 is 5.61. The van der Waals surface area contributed by atoms with E-state index in [-0.39, 0.29) is 30.3 Å². The van der Waals surface area contributed by atoms with Gasteiger partial charge >= 0.3 is 0 Å². The number of benzene rings is 1. The molecule has 1 aromatic carbocycles. The molecule has 21 heavy (non-hydrogen) atoms. The minimum atomic E-state index is -0.470. The van der Waals surface area contributed by atoms with Gasteiger partial charge in [0, 0.05) is 30.9 Å². The standard InChI is InChI=1S/C14H19N3O4/c1-10-7-16(8-11(2)21-10)9-14(18)15-12-3-5-13(6-4-12)17(19)20/h3-6,10-11H,7-9H2,1-2H3,(H,15,18)/t10-,11-/m1/s1. The number of rotatable bonds is 4. The molecule has 1 N–H and O–H groups in total. The van der Waals surface area contributed by atoms with E-state index in [1.165, 1.54) is 24.3 Å². The summed E-state index contributed by atoms with van der Waals surface area (Å²) in [6.45, 7) is 5.69. The van der Waals surface area contributed by atoms with Crippen molar-refractivity contribution in [1.82, 2.24) is 4.90 Å². The maximum Gasteiger partial charge on any atom is 0.269 e. The lowest BCUT2D eigenvalue weighted by Crippen LogP contribution is -2.48. The van der Waals surface area contributed by atoms with Gasteiger partial charge in [0.05, 0.1) is 23.7 Å². The smallest absolute Gasteiger partial charge is 0.269 e. The Morgan fingerprint density at radius 2 is 1.90 bits per heavy atom. The van der Waals surface area contributed by atoms with Crippen LogP contribution >= 0.6 is 0 Å². The van der Waals surface area contributed by atoms with Gasteiger partial charge in [0.1, 0.15) is 0 Å². The lowest BCUT2D eigenvalue weighted by molar-refractivity contribution is -0.384. The van der Waals surface area contributed by atoms with Gasteiger partial charge in [-0.25, -0.2) is 0 Å². The van der Waals surface area contributed by atoms with Crippen LogP contribution in [-0.4, -0.2) is 47.6 Å². The second kappa shape index (κ2) is 6.64. The Hall–Kier alpha value is -1.99. The summed E-state index contributed by atoms with van der Waals surface area (Å²) in [7, 11) is 0. The Balaban J connectivity index is 1.88. The molecule has 1 heterocycles. The predicted molar refractivity (Wildman–Crippen MR) is 78.2 cm³/mol. The Labute approximate surface area is 123 Å². The van der Waals surface area contributed by atoms with Gasteiger partial charge in [-0.3, -0.25) is 19.8 Å². The summed E-state index contributed by atoms with van der Waals surface area (Å²) in [6.07, 6.45) is 0.224. The Morgan fingerprint density at radius 3 is 2.43 bits per heavy atom. The van der Waals surface area contributed by atoms with Gasteiger partial charge < -0.3 is 10.1 Å². The van der Waals surface area contributed by atoms with Crippen LogP contribution in [0.5, 0.6) is 0 Å². The average molecular weight is 293 g/mol. The van der Waals surface area contributed by atoms with Crippen LogP contribution in [0.1, 0.15) is 13.8 Å². The van der Waals surface area contributed by atoms with Crippen LogP contribution in [0.3, 0.4) is 0 Å². The van der Waals surface area contributed by atoms with E-state index in [0.717, 1.165) is 13.1 Å². The van der Waals surface area contributed by atoms with Crippen molar-refractivity contribution >= 4 is 17.3 Å². The van der Waals surface area contributed by atoms with E-state index in [1.807, 2.05) is 18.7 Å². The average Bonchev–Trinajstić information content (AvgIpc) is 2.37. The number of nitro groups is 1. The molecular formula is C14H19N3O4. The molecular weight excluding hydrogens is 274 g/mol. The van der Waals surface area contributed by atoms with Crippen LogP contribution in [0.4, 0.5) is 11.4 Å². The van der Waals surface area contributed by atoms with Gasteiger partial charge in [-0.15, -0.1) is 0 Å². The highest BCUT2D eigenvalue weighted by atomic mass is 16.6. The SMILES string of the molecule is C[C@@H]1CN(CC(=O)Nc2ccc([N+](=O)[O-])cc2)C[C@@H](C)O1. The van der Waals surface area contributed by atoms with Crippen LogP contribution in [-0.2, 0) is 9.53 Å². The van der Waals surface area contributed by atoms with E-state index in [1.54, 1.807) is 0 Å². The van der Waals surface area contributed by atoms with Crippen molar-refractivity contribution < 1.29 is 14.5 Å². The number of carbonyl (C=O) groups is 1. The third-order valence-electron chi connectivity index (χ3n) is 3.22. The lowest BCUT2D eigenvalue weighted by Gasteiger charge is -2.34. The zero-order chi connectivity index (χ0) is 15.4. The van der Waals surface area contributed by atoms with Gasteiger partial charge in [0.15, 0.2) is 0 Å². The van der Waals surface area contributed by atoms with Crippen molar-refractivity contribution in [3.05, 3.63) is 34.4 Å². The molecule has 2 rings (SSSR count). The second-order valence-electron chi connectivity index (χ2n) is 5.30. The first-order valence-corrected chi connectivity index (χ1v) is 6.86. The summed E-state index contributed by atoms with van der Waals surface area (Å²) in [5.74, 6) is -0.134. The number of nitro benzene ring substituents is 1. The highest BCUT2D eigenvalue weighted by molar-refractivity contribution is 5.92. The molecule has 7 heteroatoms. The van der Waals surface area contributed by atoms with Crippen LogP contribution in [0, 0.1) is 10.1 Å². The van der Waals surface area contributed by atoms with E-state index in [4.69, 9.17) is 4.74 Å². The summed E-state index contributed by atoms with van der Waals surface area (Å²) in [6, 6.07) is 5.80. The number of non-ortho nitro benzene ring substituents is 1. The number of anilines is 1. The molecule has 1 amide bonds. The topological polar surface area (TPSA) is 84.7 Å². The van der Waals surface area contributed by atoms with Crippen LogP contribution in [0.15, 0.2) is 24.3 Å². The molecule has 0 unspecified atom stereocenters. The zero-order valence-electron chi connectivity index (χ0n) is 12.1. The van der Waals surface area contributed by atoms with Gasteiger partial charge in [0.25, 0.3) is 5.69 Å². The van der Waals surface area contributed by atoms with E-state index in [0.29, 0.717) is 5.69 Å². The van der Waals surface area contributed by atoms with E-state index >= 15 is 0 Å². The van der Waals surface area contributed by atoms with Gasteiger partial charge in [-0.2, -0.15) is 0 Å². The third kappa shape index (κ3) is 4.51. The quantitative estimate of drug-likeness (QED) is 0.674. The first-order chi connectivity index (χ1) is 9.94. The minimum absolute atomic E-state index is 0.00354. The molecule has 0 spiro atoms. The number of carbonyl (C=O) groups excluding carboxylic acids is 1. The number of hydrogen-bond acceptors (Lipinski definition) is 5. The normalized spacial score (nSPS) is 22.8. The first kappa shape index (κ1) is 15.4. The maximum absolute atomic E-state index is 12.0. The van der Waals surface area contributed by atoms with Gasteiger partial charge in [-0.1, -0.05) is 0 Å². The Bertz CT molecular complexity index is 507. The number of amides is 1. The number of hydrogen-bond donors (Lipinski definition) is 1. The Morgan fingerprint density at radius 1 is 1.33 bits per heavy atom. The molecule has 1 aliphatic heterocycles. The molecule has 114 valence electrons. The summed E-state index contributed by atoms with van der Waals surface area (Å²) in [5, 5.41) is 13.3. The Kier molecular flexibility index (Phi) is 4.87. The lowest BCUT2D eigenvalue weighted by atomic mass is 10.2. The fraction of sp³-hybridized carbons (Fsp3) is 0.500. The van der Waals surface area contributed by atoms with Gasteiger partial charge in [-0.05, 0) is 26.0 Å². The number of nitrogens with zero attached hydrogens (tertiary/aromatic N) is 2. The van der Waals surface area contributed by atoms with Crippen molar-refractivity contribution in [2.45, 2.75) is 26.1 Å². The molecule has 1 saturated heterocycles. The van der Waals surface area contributed by atoms with E-state index in [2.05, 4.69) is 5.32 Å². The molecule has 0 radical (unpaired) electrons. The summed E-state index contributed by atoms with van der Waals surface area (Å²) in [4.78, 5) is 24.1. The molecule has 0 saturated carbocycles. The van der Waals surface area contributed by atoms with Crippen LogP contribution in [0.2, 0.25) is 0 Å². The van der Waals surface area contributed by atoms with Crippen molar-refractivity contribution in [2.24, 2.45) is 0 Å². The largest absolute Gasteiger partial charge is 0.373 e. The summed E-state index contributed by atoms with van der Waals surface area (Å²) in [5.41, 5.74) is 0.559. The minimum Gasteiger partial charge on any atom is -0.373 e. The molecule has 1 aliphatic rings. The third-order valence-corrected chi connectivity index (χ3v) is 3.22. The molecule has 1 fully saturated rings. The number of morpholine rings is 1. The molecule has 0 aromatic heterocycles. The first-order valence-electron chi connectivity index (χ1n) is 6.86. The number of ether oxygens (including phenoxy) is 1. The maximum atomic E-state index is 12.0. The monoisotopic (exact) mass is 293 g/mol. The van der Waals surface area contributed by atoms with E-state index in [9.17, 15) is 14.9 Å². The van der Waals surface area contributed by atoms with Crippen molar-refractivity contribution in [1.29, 1.82) is 0 Å². The molecule has 0 aliphatic carbocycles. The van der Waals surface area contributed by atoms with E-state index < -0.39 is 4.92 Å². The molecule has 7 nitrogen and oxygen atoms in total. The zero-order valence-corrected chi connectivity index (χ0v) is 12.1. The molecule has 0 bridgehead atoms. The van der Waals surface area contributed by atoms with Crippen molar-refractivity contribution in [2.75, 3.05) is 25.0 Å². The van der Waals surface area contributed by atoms with Crippen molar-refractivity contribution in [3.8, 4) is 0 Å². The fourth-order valence-electron chi connectivity index (χ4n) is 2.48. The second-order valence-corrected chi connectivity index (χ2v) is 5.30. The van der Waals surface area contributed by atoms with Crippen LogP contribution in [0.25, 0.3) is 0 Å². The number of nitrogens with one attached hydrogen (secondary N) is 1. The fourth-order valence-corrected chi connectivity index (χ4v) is 2.48.